The summed E-state index contributed by atoms with van der Waals surface area (Å²) in [5.41, 5.74) is 8.78. The topological polar surface area (TPSA) is 163 Å². The lowest BCUT2D eigenvalue weighted by molar-refractivity contribution is -0.247. The van der Waals surface area contributed by atoms with E-state index in [1.54, 1.807) is 0 Å². The molecule has 1 rings (SSSR count). The smallest absolute Gasteiger partial charge is 0.305 e. The van der Waals surface area contributed by atoms with E-state index >= 15 is 0 Å². The number of hydrogen-bond acceptors (Lipinski definition) is 8. The number of nitrogens with zero attached hydrogens (tertiary/aromatic N) is 3. The Kier molecular flexibility index (Phi) is 12.2. The van der Waals surface area contributed by atoms with E-state index in [0.29, 0.717) is 13.0 Å². The first-order valence-electron chi connectivity index (χ1n) is 9.88. The summed E-state index contributed by atoms with van der Waals surface area (Å²) in [6, 6.07) is -1.88. The molecule has 1 amide bonds. The number of amides is 1. The molecular weight excluding hydrogens is 384 g/mol. The fourth-order valence-corrected chi connectivity index (χ4v) is 3.19. The number of aliphatic hydroxyl groups is 2. The number of nitrogens with one attached hydrogen (secondary N) is 1. The van der Waals surface area contributed by atoms with Crippen LogP contribution in [0.1, 0.15) is 51.9 Å². The molecule has 1 aliphatic rings. The first kappa shape index (κ1) is 25.1. The van der Waals surface area contributed by atoms with Crippen molar-refractivity contribution in [2.45, 2.75) is 82.5 Å². The number of unbranched alkanes of at least 4 members (excludes halogenated alkanes) is 5. The van der Waals surface area contributed by atoms with Gasteiger partial charge < -0.3 is 29.7 Å². The summed E-state index contributed by atoms with van der Waals surface area (Å²) in [5.74, 6) is -0.572. The normalized spacial score (nSPS) is 26.4. The number of rotatable bonds is 13. The van der Waals surface area contributed by atoms with E-state index in [4.69, 9.17) is 15.0 Å². The Morgan fingerprint density at radius 3 is 2.45 bits per heavy atom. The first-order chi connectivity index (χ1) is 13.9. The summed E-state index contributed by atoms with van der Waals surface area (Å²) in [6.45, 7) is 1.17. The van der Waals surface area contributed by atoms with Crippen molar-refractivity contribution >= 4 is 11.9 Å². The lowest BCUT2D eigenvalue weighted by Gasteiger charge is -2.42. The molecule has 0 aliphatic carbocycles. The minimum atomic E-state index is -1.27. The molecule has 0 saturated carbocycles. The number of ether oxygens (including phenoxy) is 3. The van der Waals surface area contributed by atoms with Crippen LogP contribution in [0.4, 0.5) is 0 Å². The molecule has 1 saturated heterocycles. The van der Waals surface area contributed by atoms with Crippen LogP contribution in [-0.2, 0) is 23.8 Å². The molecule has 0 aromatic rings. The van der Waals surface area contributed by atoms with Gasteiger partial charge in [-0.15, -0.1) is 0 Å². The summed E-state index contributed by atoms with van der Waals surface area (Å²) in [4.78, 5) is 25.3. The quantitative estimate of drug-likeness (QED) is 0.133. The Balaban J connectivity index is 2.43. The molecule has 0 spiro atoms. The van der Waals surface area contributed by atoms with Gasteiger partial charge >= 0.3 is 5.97 Å². The van der Waals surface area contributed by atoms with Gasteiger partial charge in [-0.2, -0.15) is 0 Å². The van der Waals surface area contributed by atoms with Crippen molar-refractivity contribution in [3.05, 3.63) is 10.4 Å². The SMILES string of the molecule is COC(=O)CCCCCCCCO[C@@H]1O[C@H](CO)[C@@H](O)[C@H](N=[N+]=[N-])[C@H]1NC(C)=O. The van der Waals surface area contributed by atoms with Gasteiger partial charge in [-0.3, -0.25) is 9.59 Å². The number of methoxy groups -OCH3 is 1. The van der Waals surface area contributed by atoms with Crippen molar-refractivity contribution in [3.8, 4) is 0 Å². The number of aliphatic hydroxyl groups excluding tert-OH is 2. The van der Waals surface area contributed by atoms with Gasteiger partial charge in [-0.1, -0.05) is 30.8 Å². The highest BCUT2D eigenvalue weighted by Crippen LogP contribution is 2.25. The predicted octanol–water partition coefficient (Wildman–Crippen LogP) is 1.17. The molecular formula is C18H32N4O7. The second kappa shape index (κ2) is 14.1. The van der Waals surface area contributed by atoms with Crippen molar-refractivity contribution < 1.29 is 34.0 Å². The summed E-state index contributed by atoms with van der Waals surface area (Å²) in [5, 5.41) is 25.8. The minimum Gasteiger partial charge on any atom is -0.469 e. The van der Waals surface area contributed by atoms with Gasteiger partial charge in [0, 0.05) is 24.9 Å². The van der Waals surface area contributed by atoms with Crippen molar-refractivity contribution in [2.24, 2.45) is 5.11 Å². The second-order valence-corrected chi connectivity index (χ2v) is 6.96. The van der Waals surface area contributed by atoms with E-state index < -0.39 is 37.2 Å². The van der Waals surface area contributed by atoms with Gasteiger partial charge in [0.2, 0.25) is 5.91 Å². The standard InChI is InChI=1S/C18H32N4O7/c1-12(24)20-16-15(21-22-19)17(26)13(11-23)29-18(16)28-10-8-6-4-3-5-7-9-14(25)27-2/h13,15-18,23,26H,3-11H2,1-2H3,(H,20,24)/t13-,15-,16-,17-,18-/m1/s1. The lowest BCUT2D eigenvalue weighted by Crippen LogP contribution is -2.63. The van der Waals surface area contributed by atoms with E-state index in [9.17, 15) is 19.8 Å². The van der Waals surface area contributed by atoms with Crippen molar-refractivity contribution in [1.29, 1.82) is 0 Å². The van der Waals surface area contributed by atoms with Gasteiger partial charge in [-0.05, 0) is 18.4 Å². The van der Waals surface area contributed by atoms with Crippen LogP contribution in [-0.4, -0.2) is 73.0 Å². The molecule has 29 heavy (non-hydrogen) atoms. The molecule has 11 nitrogen and oxygen atoms in total. The average Bonchev–Trinajstić information content (AvgIpc) is 2.70. The monoisotopic (exact) mass is 416 g/mol. The van der Waals surface area contributed by atoms with Crippen LogP contribution in [0, 0.1) is 0 Å². The number of esters is 1. The third kappa shape index (κ3) is 8.97. The summed E-state index contributed by atoms with van der Waals surface area (Å²) in [7, 11) is 1.38. The zero-order chi connectivity index (χ0) is 21.6. The van der Waals surface area contributed by atoms with Crippen LogP contribution in [0.2, 0.25) is 0 Å². The first-order valence-corrected chi connectivity index (χ1v) is 9.88. The van der Waals surface area contributed by atoms with Crippen LogP contribution in [0.25, 0.3) is 10.4 Å². The maximum absolute atomic E-state index is 11.5. The average molecular weight is 416 g/mol. The van der Waals surface area contributed by atoms with Crippen molar-refractivity contribution in [2.75, 3.05) is 20.3 Å². The Labute approximate surface area is 170 Å². The van der Waals surface area contributed by atoms with Crippen LogP contribution in [0.15, 0.2) is 5.11 Å². The number of carbonyl (C=O) groups is 2. The minimum absolute atomic E-state index is 0.190. The maximum atomic E-state index is 11.5. The van der Waals surface area contributed by atoms with Crippen LogP contribution >= 0.6 is 0 Å². The highest BCUT2D eigenvalue weighted by molar-refractivity contribution is 5.73. The molecule has 0 unspecified atom stereocenters. The van der Waals surface area contributed by atoms with Gasteiger partial charge in [0.05, 0.1) is 31.9 Å². The van der Waals surface area contributed by atoms with E-state index in [0.717, 1.165) is 38.5 Å². The number of carbonyl (C=O) groups excluding carboxylic acids is 2. The molecule has 0 aromatic heterocycles. The third-order valence-electron chi connectivity index (χ3n) is 4.72. The van der Waals surface area contributed by atoms with Gasteiger partial charge in [-0.25, -0.2) is 0 Å². The van der Waals surface area contributed by atoms with Crippen LogP contribution < -0.4 is 5.32 Å². The van der Waals surface area contributed by atoms with Crippen LogP contribution in [0.3, 0.4) is 0 Å². The van der Waals surface area contributed by atoms with Gasteiger partial charge in [0.15, 0.2) is 6.29 Å². The van der Waals surface area contributed by atoms with E-state index in [1.165, 1.54) is 14.0 Å². The summed E-state index contributed by atoms with van der Waals surface area (Å²) >= 11 is 0. The van der Waals surface area contributed by atoms with E-state index in [2.05, 4.69) is 20.1 Å². The number of azide groups is 1. The molecule has 0 aromatic carbocycles. The fourth-order valence-electron chi connectivity index (χ4n) is 3.19. The Morgan fingerprint density at radius 2 is 1.86 bits per heavy atom. The Bertz CT molecular complexity index is 556. The molecule has 0 radical (unpaired) electrons. The lowest BCUT2D eigenvalue weighted by atomic mass is 9.95. The zero-order valence-electron chi connectivity index (χ0n) is 17.0. The van der Waals surface area contributed by atoms with Gasteiger partial charge in [0.25, 0.3) is 0 Å². The van der Waals surface area contributed by atoms with Crippen molar-refractivity contribution in [1.82, 2.24) is 5.32 Å². The van der Waals surface area contributed by atoms with E-state index in [-0.39, 0.29) is 11.9 Å². The second-order valence-electron chi connectivity index (χ2n) is 6.96. The highest BCUT2D eigenvalue weighted by atomic mass is 16.7. The molecule has 1 aliphatic heterocycles. The third-order valence-corrected chi connectivity index (χ3v) is 4.72. The Morgan fingerprint density at radius 1 is 1.21 bits per heavy atom. The largest absolute Gasteiger partial charge is 0.469 e. The summed E-state index contributed by atoms with van der Waals surface area (Å²) in [6.07, 6.45) is 2.67. The molecule has 166 valence electrons. The number of hydrogen-bond donors (Lipinski definition) is 3. The fraction of sp³-hybridized carbons (Fsp3) is 0.889. The zero-order valence-corrected chi connectivity index (χ0v) is 17.0. The highest BCUT2D eigenvalue weighted by Gasteiger charge is 2.45. The van der Waals surface area contributed by atoms with Gasteiger partial charge in [0.1, 0.15) is 6.10 Å². The Hall–Kier alpha value is -1.91. The molecule has 1 fully saturated rings. The van der Waals surface area contributed by atoms with Crippen LogP contribution in [0.5, 0.6) is 0 Å². The van der Waals surface area contributed by atoms with E-state index in [1.807, 2.05) is 0 Å². The molecule has 5 atom stereocenters. The molecule has 1 heterocycles. The van der Waals surface area contributed by atoms with Crippen molar-refractivity contribution in [3.63, 3.8) is 0 Å². The maximum Gasteiger partial charge on any atom is 0.305 e. The summed E-state index contributed by atoms with van der Waals surface area (Å²) < 4.78 is 15.9. The molecule has 11 heteroatoms. The molecule has 3 N–H and O–H groups in total. The predicted molar refractivity (Wildman–Crippen MR) is 103 cm³/mol. The molecule has 0 bridgehead atoms.